The minimum absolute atomic E-state index is 0.0135. The van der Waals surface area contributed by atoms with Crippen molar-refractivity contribution in [1.29, 1.82) is 0 Å². The normalized spacial score (nSPS) is 26.1. The van der Waals surface area contributed by atoms with Crippen molar-refractivity contribution in [1.82, 2.24) is 10.6 Å². The Morgan fingerprint density at radius 2 is 1.64 bits per heavy atom. The molecule has 0 saturated carbocycles. The van der Waals surface area contributed by atoms with Gasteiger partial charge in [0.05, 0.1) is 18.4 Å². The summed E-state index contributed by atoms with van der Waals surface area (Å²) in [6, 6.07) is 7.79. The van der Waals surface area contributed by atoms with E-state index in [1.165, 1.54) is 0 Å². The third kappa shape index (κ3) is 8.75. The SMILES string of the molecule is CCCC[C@H](C)[C@@H]1CC(=O)N[C@@H](Cc2ccccc2)C(=O)N[C@@H](C)C(=O)C[C@H]([C@@H](C)C(C)C)C(=O)O1. The molecule has 36 heavy (non-hydrogen) atoms. The maximum absolute atomic E-state index is 13.4. The van der Waals surface area contributed by atoms with Crippen LogP contribution in [0.5, 0.6) is 0 Å². The number of ketones is 1. The van der Waals surface area contributed by atoms with E-state index in [2.05, 4.69) is 17.6 Å². The molecule has 2 N–H and O–H groups in total. The van der Waals surface area contributed by atoms with Crippen LogP contribution in [0.1, 0.15) is 79.2 Å². The van der Waals surface area contributed by atoms with E-state index in [1.54, 1.807) is 6.92 Å². The van der Waals surface area contributed by atoms with Crippen LogP contribution in [0, 0.1) is 23.7 Å². The highest BCUT2D eigenvalue weighted by atomic mass is 16.5. The van der Waals surface area contributed by atoms with Crippen molar-refractivity contribution in [3.8, 4) is 0 Å². The minimum Gasteiger partial charge on any atom is -0.461 e. The molecule has 1 heterocycles. The third-order valence-electron chi connectivity index (χ3n) is 7.49. The highest BCUT2D eigenvalue weighted by Gasteiger charge is 2.36. The Labute approximate surface area is 216 Å². The second kappa shape index (κ2) is 14.1. The minimum atomic E-state index is -0.844. The number of Topliss-reactive ketones (excluding diaryl/α,β-unsaturated/α-hetero) is 1. The molecule has 2 rings (SSSR count). The van der Waals surface area contributed by atoms with Gasteiger partial charge in [-0.3, -0.25) is 19.2 Å². The molecular formula is C29H44N2O5. The zero-order chi connectivity index (χ0) is 26.8. The number of amides is 2. The van der Waals surface area contributed by atoms with Crippen LogP contribution in [-0.2, 0) is 30.3 Å². The number of carbonyl (C=O) groups excluding carboxylic acids is 4. The lowest BCUT2D eigenvalue weighted by atomic mass is 9.81. The van der Waals surface area contributed by atoms with Gasteiger partial charge in [-0.05, 0) is 36.7 Å². The lowest BCUT2D eigenvalue weighted by Gasteiger charge is -2.30. The Morgan fingerprint density at radius 3 is 2.25 bits per heavy atom. The Bertz CT molecular complexity index is 885. The summed E-state index contributed by atoms with van der Waals surface area (Å²) in [5.41, 5.74) is 0.895. The summed E-state index contributed by atoms with van der Waals surface area (Å²) in [4.78, 5) is 52.8. The molecule has 1 saturated heterocycles. The Kier molecular flexibility index (Phi) is 11.6. The first-order chi connectivity index (χ1) is 17.0. The predicted octanol–water partition coefficient (Wildman–Crippen LogP) is 4.23. The van der Waals surface area contributed by atoms with Crippen molar-refractivity contribution < 1.29 is 23.9 Å². The van der Waals surface area contributed by atoms with Crippen molar-refractivity contribution in [3.63, 3.8) is 0 Å². The van der Waals surface area contributed by atoms with Gasteiger partial charge in [0.15, 0.2) is 5.78 Å². The van der Waals surface area contributed by atoms with Gasteiger partial charge in [-0.1, -0.05) is 77.8 Å². The van der Waals surface area contributed by atoms with Crippen LogP contribution in [0.25, 0.3) is 0 Å². The van der Waals surface area contributed by atoms with E-state index >= 15 is 0 Å². The first-order valence-electron chi connectivity index (χ1n) is 13.4. The third-order valence-corrected chi connectivity index (χ3v) is 7.49. The summed E-state index contributed by atoms with van der Waals surface area (Å²) in [5, 5.41) is 5.61. The van der Waals surface area contributed by atoms with Crippen molar-refractivity contribution in [3.05, 3.63) is 35.9 Å². The number of hydrogen-bond acceptors (Lipinski definition) is 5. The first kappa shape index (κ1) is 29.5. The molecule has 200 valence electrons. The van der Waals surface area contributed by atoms with Gasteiger partial charge in [-0.2, -0.15) is 0 Å². The van der Waals surface area contributed by atoms with E-state index < -0.39 is 36.0 Å². The molecule has 1 aromatic carbocycles. The maximum Gasteiger partial charge on any atom is 0.309 e. The van der Waals surface area contributed by atoms with Gasteiger partial charge in [-0.15, -0.1) is 0 Å². The largest absolute Gasteiger partial charge is 0.461 e. The molecule has 2 amide bonds. The molecule has 0 aliphatic carbocycles. The molecule has 0 unspecified atom stereocenters. The first-order valence-corrected chi connectivity index (χ1v) is 13.4. The van der Waals surface area contributed by atoms with Crippen molar-refractivity contribution in [2.24, 2.45) is 23.7 Å². The smallest absolute Gasteiger partial charge is 0.309 e. The van der Waals surface area contributed by atoms with Crippen molar-refractivity contribution >= 4 is 23.6 Å². The summed E-state index contributed by atoms with van der Waals surface area (Å²) < 4.78 is 5.98. The lowest BCUT2D eigenvalue weighted by molar-refractivity contribution is -0.162. The molecule has 0 spiro atoms. The highest BCUT2D eigenvalue weighted by Crippen LogP contribution is 2.28. The number of carbonyl (C=O) groups is 4. The van der Waals surface area contributed by atoms with Crippen LogP contribution in [-0.4, -0.2) is 41.8 Å². The molecule has 1 aliphatic rings. The number of hydrogen-bond donors (Lipinski definition) is 2. The number of nitrogens with one attached hydrogen (secondary N) is 2. The number of esters is 1. The van der Waals surface area contributed by atoms with Gasteiger partial charge in [-0.25, -0.2) is 0 Å². The van der Waals surface area contributed by atoms with Crippen LogP contribution >= 0.6 is 0 Å². The average Bonchev–Trinajstić information content (AvgIpc) is 2.84. The van der Waals surface area contributed by atoms with Crippen LogP contribution in [0.15, 0.2) is 30.3 Å². The van der Waals surface area contributed by atoms with Crippen LogP contribution in [0.4, 0.5) is 0 Å². The average molecular weight is 501 g/mol. The summed E-state index contributed by atoms with van der Waals surface area (Å²) in [7, 11) is 0. The Morgan fingerprint density at radius 1 is 0.972 bits per heavy atom. The Hall–Kier alpha value is -2.70. The number of rotatable bonds is 8. The second-order valence-electron chi connectivity index (χ2n) is 10.7. The molecule has 7 heteroatoms. The molecular weight excluding hydrogens is 456 g/mol. The van der Waals surface area contributed by atoms with Crippen molar-refractivity contribution in [2.75, 3.05) is 0 Å². The van der Waals surface area contributed by atoms with E-state index in [-0.39, 0.29) is 42.3 Å². The fourth-order valence-electron chi connectivity index (χ4n) is 4.54. The molecule has 0 bridgehead atoms. The number of cyclic esters (lactones) is 1. The topological polar surface area (TPSA) is 102 Å². The van der Waals surface area contributed by atoms with E-state index in [0.717, 1.165) is 24.8 Å². The van der Waals surface area contributed by atoms with Gasteiger partial charge >= 0.3 is 5.97 Å². The molecule has 6 atom stereocenters. The summed E-state index contributed by atoms with van der Waals surface area (Å²) in [5.74, 6) is -2.03. The van der Waals surface area contributed by atoms with Crippen LogP contribution in [0.3, 0.4) is 0 Å². The van der Waals surface area contributed by atoms with E-state index in [0.29, 0.717) is 6.42 Å². The molecule has 0 radical (unpaired) electrons. The van der Waals surface area contributed by atoms with Gasteiger partial charge < -0.3 is 15.4 Å². The Balaban J connectivity index is 2.40. The van der Waals surface area contributed by atoms with Crippen molar-refractivity contribution in [2.45, 2.75) is 98.3 Å². The van der Waals surface area contributed by atoms with Crippen LogP contribution < -0.4 is 10.6 Å². The van der Waals surface area contributed by atoms with E-state index in [9.17, 15) is 19.2 Å². The van der Waals surface area contributed by atoms with Gasteiger partial charge in [0, 0.05) is 12.8 Å². The van der Waals surface area contributed by atoms with E-state index in [1.807, 2.05) is 58.0 Å². The standard InChI is InChI=1S/C29H44N2O5/c1-7-8-12-19(4)26-17-27(33)31-24(15-22-13-10-9-11-14-22)28(34)30-21(6)25(32)16-23(29(35)36-26)20(5)18(2)3/h9-11,13-14,18-21,23-24,26H,7-8,12,15-17H2,1-6H3,(H,30,34)(H,31,33)/t19-,20-,21-,23+,24-,26-/m0/s1. The fourth-order valence-corrected chi connectivity index (χ4v) is 4.54. The lowest BCUT2D eigenvalue weighted by Crippen LogP contribution is -2.52. The number of ether oxygens (including phenoxy) is 1. The van der Waals surface area contributed by atoms with Gasteiger partial charge in [0.25, 0.3) is 0 Å². The molecule has 7 nitrogen and oxygen atoms in total. The molecule has 1 aliphatic heterocycles. The maximum atomic E-state index is 13.4. The second-order valence-corrected chi connectivity index (χ2v) is 10.7. The summed E-state index contributed by atoms with van der Waals surface area (Å²) in [6.07, 6.45) is 2.40. The zero-order valence-electron chi connectivity index (χ0n) is 22.7. The van der Waals surface area contributed by atoms with Gasteiger partial charge in [0.1, 0.15) is 12.1 Å². The monoisotopic (exact) mass is 500 g/mol. The zero-order valence-corrected chi connectivity index (χ0v) is 22.7. The van der Waals surface area contributed by atoms with Gasteiger partial charge in [0.2, 0.25) is 11.8 Å². The molecule has 0 aromatic heterocycles. The quantitative estimate of drug-likeness (QED) is 0.520. The fraction of sp³-hybridized carbons (Fsp3) is 0.655. The molecule has 1 fully saturated rings. The number of benzene rings is 1. The summed E-state index contributed by atoms with van der Waals surface area (Å²) in [6.45, 7) is 11.7. The molecule has 1 aromatic rings. The summed E-state index contributed by atoms with van der Waals surface area (Å²) >= 11 is 0. The van der Waals surface area contributed by atoms with Crippen LogP contribution in [0.2, 0.25) is 0 Å². The van der Waals surface area contributed by atoms with E-state index in [4.69, 9.17) is 4.74 Å². The predicted molar refractivity (Wildman–Crippen MR) is 140 cm³/mol. The highest BCUT2D eigenvalue weighted by molar-refractivity contribution is 5.94. The number of unbranched alkanes of at least 4 members (excludes halogenated alkanes) is 1.